The van der Waals surface area contributed by atoms with Crippen molar-refractivity contribution in [2.24, 2.45) is 50.2 Å². The molecule has 0 aromatic rings. The molecule has 0 saturated heterocycles. The van der Waals surface area contributed by atoms with Gasteiger partial charge >= 0.3 is 5.97 Å². The van der Waals surface area contributed by atoms with Crippen LogP contribution in [0.3, 0.4) is 0 Å². The number of fused-ring (bicyclic) bond motifs is 7. The molecule has 0 heterocycles. The number of carbonyl (C=O) groups is 1. The maximum absolute atomic E-state index is 13.2. The number of hydrogen-bond acceptors (Lipinski definition) is 2. The first-order valence-electron chi connectivity index (χ1n) is 21.5. The van der Waals surface area contributed by atoms with E-state index in [4.69, 9.17) is 4.74 Å². The Labute approximate surface area is 299 Å². The van der Waals surface area contributed by atoms with E-state index in [1.807, 2.05) is 5.57 Å². The molecular weight excluding hydrogens is 585 g/mol. The quantitative estimate of drug-likeness (QED) is 0.0989. The van der Waals surface area contributed by atoms with Gasteiger partial charge in [-0.1, -0.05) is 151 Å². The minimum Gasteiger partial charge on any atom is -0.462 e. The van der Waals surface area contributed by atoms with E-state index < -0.39 is 0 Å². The Morgan fingerprint density at radius 1 is 0.688 bits per heavy atom. The summed E-state index contributed by atoms with van der Waals surface area (Å²) < 4.78 is 6.41. The van der Waals surface area contributed by atoms with Crippen LogP contribution in [0.1, 0.15) is 216 Å². The van der Waals surface area contributed by atoms with Gasteiger partial charge in [-0.3, -0.25) is 4.79 Å². The van der Waals surface area contributed by atoms with Gasteiger partial charge in [-0.2, -0.15) is 0 Å². The summed E-state index contributed by atoms with van der Waals surface area (Å²) in [5, 5.41) is 0. The zero-order valence-corrected chi connectivity index (χ0v) is 33.7. The fraction of sp³-hybridized carbons (Fsp3) is 0.935. The number of rotatable bonds is 15. The lowest BCUT2D eigenvalue weighted by atomic mass is 9.33. The molecule has 0 aromatic heterocycles. The highest BCUT2D eigenvalue weighted by molar-refractivity contribution is 5.69. The zero-order chi connectivity index (χ0) is 34.8. The summed E-state index contributed by atoms with van der Waals surface area (Å²) in [6.07, 6.45) is 34.0. The van der Waals surface area contributed by atoms with Crippen molar-refractivity contribution in [1.82, 2.24) is 0 Å². The van der Waals surface area contributed by atoms with E-state index in [2.05, 4.69) is 68.4 Å². The molecular formula is C46H80O2. The van der Waals surface area contributed by atoms with Crippen molar-refractivity contribution in [3.05, 3.63) is 11.6 Å². The maximum atomic E-state index is 13.2. The highest BCUT2D eigenvalue weighted by Gasteiger charge is 2.68. The number of allylic oxidation sites excluding steroid dienone is 2. The highest BCUT2D eigenvalue weighted by atomic mass is 16.5. The number of unbranched alkanes of at least 4 members (excludes halogenated alkanes) is 12. The molecule has 8 atom stereocenters. The summed E-state index contributed by atoms with van der Waals surface area (Å²) in [4.78, 5) is 13.2. The standard InChI is InChI=1S/C46H80O2/c1-10-11-12-13-14-15-16-17-18-19-20-21-22-23-40(47)48-39-27-28-44(7)37(42(39,4)5)26-29-46(9)38(44)25-24-35-36-34-41(2,3)30-31-43(36,6)32-33-45(35,46)8/h24,36-39H,10-23,25-34H2,1-9H3/t36-,37-,38+,39-,43+,44-,45+,46+/m0/s1. The monoisotopic (exact) mass is 665 g/mol. The minimum absolute atomic E-state index is 0.0312. The Morgan fingerprint density at radius 2 is 1.27 bits per heavy atom. The van der Waals surface area contributed by atoms with Crippen molar-refractivity contribution in [2.75, 3.05) is 0 Å². The van der Waals surface area contributed by atoms with Crippen molar-refractivity contribution < 1.29 is 9.53 Å². The first kappa shape index (κ1) is 38.4. The Hall–Kier alpha value is -0.790. The van der Waals surface area contributed by atoms with Crippen LogP contribution in [0.25, 0.3) is 0 Å². The largest absolute Gasteiger partial charge is 0.462 e. The molecule has 4 saturated carbocycles. The average molecular weight is 665 g/mol. The van der Waals surface area contributed by atoms with Crippen LogP contribution in [-0.2, 0) is 9.53 Å². The van der Waals surface area contributed by atoms with Gasteiger partial charge in [0.25, 0.3) is 0 Å². The lowest BCUT2D eigenvalue weighted by Crippen LogP contribution is -2.64. The third-order valence-electron chi connectivity index (χ3n) is 16.8. The van der Waals surface area contributed by atoms with E-state index in [0.29, 0.717) is 39.4 Å². The molecule has 276 valence electrons. The van der Waals surface area contributed by atoms with Gasteiger partial charge in [-0.25, -0.2) is 0 Å². The van der Waals surface area contributed by atoms with Gasteiger partial charge in [0.15, 0.2) is 0 Å². The van der Waals surface area contributed by atoms with E-state index in [1.54, 1.807) is 0 Å². The fourth-order valence-corrected chi connectivity index (χ4v) is 13.2. The summed E-state index contributed by atoms with van der Waals surface area (Å²) in [6.45, 7) is 23.0. The summed E-state index contributed by atoms with van der Waals surface area (Å²) in [7, 11) is 0. The fourth-order valence-electron chi connectivity index (χ4n) is 13.2. The van der Waals surface area contributed by atoms with Crippen LogP contribution < -0.4 is 0 Å². The first-order chi connectivity index (χ1) is 22.6. The van der Waals surface area contributed by atoms with Crippen molar-refractivity contribution in [1.29, 1.82) is 0 Å². The summed E-state index contributed by atoms with van der Waals surface area (Å²) in [6, 6.07) is 0. The molecule has 0 bridgehead atoms. The topological polar surface area (TPSA) is 26.3 Å². The maximum Gasteiger partial charge on any atom is 0.306 e. The Morgan fingerprint density at radius 3 is 1.90 bits per heavy atom. The number of carbonyl (C=O) groups excluding carboxylic acids is 1. The molecule has 2 heteroatoms. The van der Waals surface area contributed by atoms with Crippen LogP contribution in [0.5, 0.6) is 0 Å². The first-order valence-corrected chi connectivity index (χ1v) is 21.5. The van der Waals surface area contributed by atoms with E-state index in [1.165, 1.54) is 135 Å². The third-order valence-corrected chi connectivity index (χ3v) is 16.8. The van der Waals surface area contributed by atoms with E-state index in [9.17, 15) is 4.79 Å². The van der Waals surface area contributed by atoms with Gasteiger partial charge in [0.2, 0.25) is 0 Å². The lowest BCUT2D eigenvalue weighted by Gasteiger charge is -2.71. The number of hydrogen-bond donors (Lipinski definition) is 0. The summed E-state index contributed by atoms with van der Waals surface area (Å²) in [5.41, 5.74) is 3.87. The number of ether oxygens (including phenoxy) is 1. The van der Waals surface area contributed by atoms with Crippen molar-refractivity contribution in [3.63, 3.8) is 0 Å². The summed E-state index contributed by atoms with van der Waals surface area (Å²) in [5.74, 6) is 2.18. The molecule has 5 rings (SSSR count). The van der Waals surface area contributed by atoms with Crippen molar-refractivity contribution >= 4 is 5.97 Å². The van der Waals surface area contributed by atoms with Crippen LogP contribution in [0.2, 0.25) is 0 Å². The second kappa shape index (κ2) is 15.1. The molecule has 4 fully saturated rings. The normalized spacial score (nSPS) is 39.7. The molecule has 0 aromatic carbocycles. The molecule has 0 unspecified atom stereocenters. The Balaban J connectivity index is 1.12. The Bertz CT molecular complexity index is 1120. The van der Waals surface area contributed by atoms with Gasteiger partial charge < -0.3 is 4.74 Å². The van der Waals surface area contributed by atoms with Gasteiger partial charge in [-0.15, -0.1) is 0 Å². The van der Waals surface area contributed by atoms with Crippen molar-refractivity contribution in [2.45, 2.75) is 223 Å². The van der Waals surface area contributed by atoms with Gasteiger partial charge in [0, 0.05) is 11.8 Å². The van der Waals surface area contributed by atoms with Gasteiger partial charge in [0.1, 0.15) is 6.10 Å². The molecule has 5 aliphatic rings. The predicted molar refractivity (Wildman–Crippen MR) is 205 cm³/mol. The Kier molecular flexibility index (Phi) is 12.1. The van der Waals surface area contributed by atoms with Crippen LogP contribution in [0, 0.1) is 50.2 Å². The zero-order valence-electron chi connectivity index (χ0n) is 33.7. The summed E-state index contributed by atoms with van der Waals surface area (Å²) >= 11 is 0. The molecule has 48 heavy (non-hydrogen) atoms. The highest BCUT2D eigenvalue weighted by Crippen LogP contribution is 2.75. The van der Waals surface area contributed by atoms with Gasteiger partial charge in [0.05, 0.1) is 0 Å². The van der Waals surface area contributed by atoms with E-state index >= 15 is 0 Å². The SMILES string of the molecule is CCCCCCCCCCCCCCCC(=O)O[C@H]1CC[C@]2(C)[C@H]3CC=C4[C@@H]5CC(C)(C)CC[C@]5(C)CC[C@@]4(C)[C@]3(C)CC[C@H]2C1(C)C. The molecule has 0 radical (unpaired) electrons. The number of esters is 1. The van der Waals surface area contributed by atoms with Crippen LogP contribution in [-0.4, -0.2) is 12.1 Å². The molecule has 0 aliphatic heterocycles. The van der Waals surface area contributed by atoms with Gasteiger partial charge in [-0.05, 0) is 115 Å². The molecule has 5 aliphatic carbocycles. The molecule has 0 amide bonds. The smallest absolute Gasteiger partial charge is 0.306 e. The third kappa shape index (κ3) is 7.41. The van der Waals surface area contributed by atoms with Crippen LogP contribution >= 0.6 is 0 Å². The lowest BCUT2D eigenvalue weighted by molar-refractivity contribution is -0.212. The van der Waals surface area contributed by atoms with Crippen molar-refractivity contribution in [3.8, 4) is 0 Å². The molecule has 2 nitrogen and oxygen atoms in total. The minimum atomic E-state index is 0.0312. The van der Waals surface area contributed by atoms with E-state index in [0.717, 1.165) is 24.7 Å². The molecule has 0 N–H and O–H groups in total. The van der Waals surface area contributed by atoms with Crippen LogP contribution in [0.4, 0.5) is 0 Å². The second-order valence-electron chi connectivity index (χ2n) is 20.7. The van der Waals surface area contributed by atoms with E-state index in [-0.39, 0.29) is 17.5 Å². The van der Waals surface area contributed by atoms with Crippen LogP contribution in [0.15, 0.2) is 11.6 Å². The average Bonchev–Trinajstić information content (AvgIpc) is 3.02. The second-order valence-corrected chi connectivity index (χ2v) is 20.7. The predicted octanol–water partition coefficient (Wildman–Crippen LogP) is 14.2. The molecule has 0 spiro atoms.